The highest BCUT2D eigenvalue weighted by Crippen LogP contribution is 2.63. The molecule has 0 amide bonds. The van der Waals surface area contributed by atoms with Crippen LogP contribution < -0.4 is 4.90 Å². The molecule has 2 aliphatic rings. The predicted molar refractivity (Wildman–Crippen MR) is 265 cm³/mol. The zero-order valence-corrected chi connectivity index (χ0v) is 34.6. The van der Waals surface area contributed by atoms with Gasteiger partial charge in [0, 0.05) is 17.1 Å². The van der Waals surface area contributed by atoms with Crippen molar-refractivity contribution in [3.8, 4) is 44.5 Å². The van der Waals surface area contributed by atoms with Gasteiger partial charge in [-0.2, -0.15) is 0 Å². The molecule has 0 aromatic heterocycles. The maximum atomic E-state index is 4.34. The zero-order valence-electron chi connectivity index (χ0n) is 34.6. The number of hydrogen-bond donors (Lipinski definition) is 0. The van der Waals surface area contributed by atoms with Crippen LogP contribution >= 0.6 is 0 Å². The van der Waals surface area contributed by atoms with Crippen molar-refractivity contribution in [2.75, 3.05) is 4.90 Å². The first-order chi connectivity index (χ1) is 30.5. The Bertz CT molecular complexity index is 3060. The Kier molecular flexibility index (Phi) is 9.79. The molecule has 0 atom stereocenters. The average Bonchev–Trinajstić information content (AvgIpc) is 3.80. The smallest absolute Gasteiger partial charge is 0.0726 e. The molecule has 62 heavy (non-hydrogen) atoms. The summed E-state index contributed by atoms with van der Waals surface area (Å²) in [6, 6.07) is 68.9. The van der Waals surface area contributed by atoms with E-state index < -0.39 is 5.41 Å². The van der Waals surface area contributed by atoms with Crippen molar-refractivity contribution in [2.24, 2.45) is 0 Å². The highest BCUT2D eigenvalue weighted by molar-refractivity contribution is 5.97. The molecule has 0 saturated heterocycles. The lowest BCUT2D eigenvalue weighted by Crippen LogP contribution is -2.26. The topological polar surface area (TPSA) is 3.24 Å². The minimum absolute atomic E-state index is 0.469. The molecule has 294 valence electrons. The van der Waals surface area contributed by atoms with Crippen LogP contribution in [0.5, 0.6) is 0 Å². The van der Waals surface area contributed by atoms with Crippen LogP contribution in [0.25, 0.3) is 55.7 Å². The molecule has 1 spiro atoms. The van der Waals surface area contributed by atoms with Gasteiger partial charge in [0.2, 0.25) is 0 Å². The summed E-state index contributed by atoms with van der Waals surface area (Å²) in [5.74, 6) is 0. The second-order valence-corrected chi connectivity index (χ2v) is 15.9. The molecule has 0 radical (unpaired) electrons. The van der Waals surface area contributed by atoms with Crippen molar-refractivity contribution >= 4 is 28.2 Å². The number of benzene rings is 8. The molecule has 8 aromatic carbocycles. The summed E-state index contributed by atoms with van der Waals surface area (Å²) in [6.07, 6.45) is 11.5. The summed E-state index contributed by atoms with van der Waals surface area (Å²) < 4.78 is 0. The molecular formula is C61H45N. The van der Waals surface area contributed by atoms with Gasteiger partial charge in [0.05, 0.1) is 5.41 Å². The molecule has 1 heteroatoms. The van der Waals surface area contributed by atoms with Crippen molar-refractivity contribution < 1.29 is 0 Å². The number of rotatable bonds is 11. The maximum Gasteiger partial charge on any atom is 0.0726 e. The fraction of sp³-hybridized carbons (Fsp3) is 0.0164. The lowest BCUT2D eigenvalue weighted by molar-refractivity contribution is 0.793. The third-order valence-electron chi connectivity index (χ3n) is 12.6. The Morgan fingerprint density at radius 3 is 1.55 bits per heavy atom. The van der Waals surface area contributed by atoms with Crippen molar-refractivity contribution in [1.82, 2.24) is 0 Å². The Labute approximate surface area is 365 Å². The van der Waals surface area contributed by atoms with Gasteiger partial charge >= 0.3 is 0 Å². The molecule has 1 nitrogen and oxygen atoms in total. The highest BCUT2D eigenvalue weighted by atomic mass is 15.1. The van der Waals surface area contributed by atoms with Gasteiger partial charge < -0.3 is 4.90 Å². The van der Waals surface area contributed by atoms with Gasteiger partial charge in [-0.3, -0.25) is 0 Å². The first kappa shape index (κ1) is 38.2. The van der Waals surface area contributed by atoms with E-state index in [-0.39, 0.29) is 0 Å². The molecule has 0 aliphatic heterocycles. The largest absolute Gasteiger partial charge is 0.310 e. The summed E-state index contributed by atoms with van der Waals surface area (Å²) in [5.41, 5.74) is 21.7. The van der Waals surface area contributed by atoms with E-state index >= 15 is 0 Å². The summed E-state index contributed by atoms with van der Waals surface area (Å²) in [4.78, 5) is 2.40. The second kappa shape index (κ2) is 15.9. The fourth-order valence-electron chi connectivity index (χ4n) is 9.80. The van der Waals surface area contributed by atoms with Gasteiger partial charge in [-0.15, -0.1) is 0 Å². The number of allylic oxidation sites excluding steroid dienone is 8. The molecule has 8 aromatic rings. The van der Waals surface area contributed by atoms with Gasteiger partial charge in [-0.05, 0) is 125 Å². The summed E-state index contributed by atoms with van der Waals surface area (Å²) in [5, 5.41) is 0. The minimum Gasteiger partial charge on any atom is -0.310 e. The molecule has 0 bridgehead atoms. The van der Waals surface area contributed by atoms with Crippen LogP contribution in [-0.4, -0.2) is 0 Å². The van der Waals surface area contributed by atoms with E-state index in [0.717, 1.165) is 50.5 Å². The molecule has 0 heterocycles. The highest BCUT2D eigenvalue weighted by Gasteiger charge is 2.51. The Balaban J connectivity index is 1.20. The predicted octanol–water partition coefficient (Wildman–Crippen LogP) is 16.3. The molecule has 0 N–H and O–H groups in total. The Hall–Kier alpha value is -8.00. The van der Waals surface area contributed by atoms with Crippen LogP contribution in [0.2, 0.25) is 0 Å². The van der Waals surface area contributed by atoms with Gasteiger partial charge in [-0.25, -0.2) is 0 Å². The summed E-state index contributed by atoms with van der Waals surface area (Å²) in [6.45, 7) is 16.4. The standard InChI is InChI=1S/C61H45N/c1-5-8-19-42(4)44-32-34-48(35-33-44)62(49-36-38-51(43(7-3)18-6-2)56(40-49)47-30-28-46(29-31-47)45-20-10-9-11-21-45)50-37-39-55-54-24-14-17-27-59(54)61(60(55)41-50)57-25-15-12-22-52(57)53-23-13-16-26-58(53)61/h5-41H,1-4H2/b19-8-,43-18+. The minimum atomic E-state index is -0.469. The van der Waals surface area contributed by atoms with E-state index in [1.54, 1.807) is 6.08 Å². The average molecular weight is 792 g/mol. The third kappa shape index (κ3) is 6.17. The quantitative estimate of drug-likeness (QED) is 0.118. The number of fused-ring (bicyclic) bond motifs is 10. The van der Waals surface area contributed by atoms with E-state index in [0.29, 0.717) is 0 Å². The number of nitrogens with zero attached hydrogens (tertiary/aromatic N) is 1. The second-order valence-electron chi connectivity index (χ2n) is 15.9. The summed E-state index contributed by atoms with van der Waals surface area (Å²) >= 11 is 0. The molecule has 0 fully saturated rings. The van der Waals surface area contributed by atoms with Crippen LogP contribution in [-0.2, 0) is 5.41 Å². The van der Waals surface area contributed by atoms with Crippen LogP contribution in [0.3, 0.4) is 0 Å². The lowest BCUT2D eigenvalue weighted by atomic mass is 9.70. The monoisotopic (exact) mass is 791 g/mol. The van der Waals surface area contributed by atoms with Crippen molar-refractivity contribution in [1.29, 1.82) is 0 Å². The fourth-order valence-corrected chi connectivity index (χ4v) is 9.80. The van der Waals surface area contributed by atoms with Gasteiger partial charge in [0.1, 0.15) is 0 Å². The number of hydrogen-bond acceptors (Lipinski definition) is 1. The molecule has 2 aliphatic carbocycles. The maximum absolute atomic E-state index is 4.34. The molecular weight excluding hydrogens is 747 g/mol. The van der Waals surface area contributed by atoms with E-state index in [2.05, 4.69) is 219 Å². The normalized spacial score (nSPS) is 12.9. The lowest BCUT2D eigenvalue weighted by Gasteiger charge is -2.32. The van der Waals surface area contributed by atoms with Crippen LogP contribution in [0.1, 0.15) is 33.4 Å². The third-order valence-corrected chi connectivity index (χ3v) is 12.6. The first-order valence-electron chi connectivity index (χ1n) is 21.1. The van der Waals surface area contributed by atoms with Crippen molar-refractivity contribution in [3.63, 3.8) is 0 Å². The van der Waals surface area contributed by atoms with Crippen LogP contribution in [0.4, 0.5) is 17.1 Å². The van der Waals surface area contributed by atoms with Gasteiger partial charge in [0.15, 0.2) is 0 Å². The van der Waals surface area contributed by atoms with Gasteiger partial charge in [0.25, 0.3) is 0 Å². The van der Waals surface area contributed by atoms with Crippen molar-refractivity contribution in [3.05, 3.63) is 284 Å². The van der Waals surface area contributed by atoms with E-state index in [4.69, 9.17) is 0 Å². The van der Waals surface area contributed by atoms with E-state index in [1.807, 2.05) is 30.4 Å². The van der Waals surface area contributed by atoms with Crippen LogP contribution in [0, 0.1) is 0 Å². The zero-order chi connectivity index (χ0) is 42.2. The molecule has 0 saturated carbocycles. The van der Waals surface area contributed by atoms with Gasteiger partial charge in [-0.1, -0.05) is 214 Å². The van der Waals surface area contributed by atoms with E-state index in [9.17, 15) is 0 Å². The van der Waals surface area contributed by atoms with E-state index in [1.165, 1.54) is 55.6 Å². The molecule has 10 rings (SSSR count). The Morgan fingerprint density at radius 1 is 0.435 bits per heavy atom. The summed E-state index contributed by atoms with van der Waals surface area (Å²) in [7, 11) is 0. The Morgan fingerprint density at radius 2 is 0.952 bits per heavy atom. The van der Waals surface area contributed by atoms with Crippen molar-refractivity contribution in [2.45, 2.75) is 5.41 Å². The first-order valence-corrected chi connectivity index (χ1v) is 21.1. The SMILES string of the molecule is C=C/C=C\C(=C)c1ccc(N(c2ccc(/C(C=C)=C/C=C)c(-c3ccc(-c4ccccc4)cc3)c2)c2ccc3c(c2)C2(c4ccccc4-c4ccccc42)c2ccccc2-3)cc1. The van der Waals surface area contributed by atoms with Crippen LogP contribution in [0.15, 0.2) is 251 Å². The molecule has 0 unspecified atom stereocenters. The number of anilines is 3.